The van der Waals surface area contributed by atoms with Crippen LogP contribution in [0.2, 0.25) is 5.02 Å². The van der Waals surface area contributed by atoms with E-state index in [0.29, 0.717) is 10.7 Å². The number of aliphatic hydroxyl groups is 1. The highest BCUT2D eigenvalue weighted by atomic mass is 35.5. The van der Waals surface area contributed by atoms with E-state index in [9.17, 15) is 9.90 Å². The molecule has 5 heteroatoms. The Kier molecular flexibility index (Phi) is 6.06. The third-order valence-corrected chi connectivity index (χ3v) is 5.16. The van der Waals surface area contributed by atoms with Gasteiger partial charge in [-0.05, 0) is 63.8 Å². The molecule has 1 aliphatic carbocycles. The average Bonchev–Trinajstić information content (AvgIpc) is 2.87. The molecular formula is C18H27ClN2O2. The summed E-state index contributed by atoms with van der Waals surface area (Å²) in [6, 6.07) is 3.58. The molecule has 1 aromatic carbocycles. The quantitative estimate of drug-likeness (QED) is 0.865. The summed E-state index contributed by atoms with van der Waals surface area (Å²) >= 11 is 6.26. The van der Waals surface area contributed by atoms with Crippen molar-refractivity contribution in [3.05, 3.63) is 28.3 Å². The zero-order valence-corrected chi connectivity index (χ0v) is 15.2. The zero-order valence-electron chi connectivity index (χ0n) is 14.4. The van der Waals surface area contributed by atoms with E-state index < -0.39 is 0 Å². The van der Waals surface area contributed by atoms with Crippen LogP contribution in [0.4, 0.5) is 5.69 Å². The number of aliphatic hydroxyl groups excluding tert-OH is 1. The van der Waals surface area contributed by atoms with Gasteiger partial charge in [-0.3, -0.25) is 9.69 Å². The lowest BCUT2D eigenvalue weighted by atomic mass is 10.0. The SMILES string of the molecule is Cc1cc(C)c(NC(=O)C(C)N(C)CC2CCCC2O)c(Cl)c1. The molecular weight excluding hydrogens is 312 g/mol. The number of halogens is 1. The van der Waals surface area contributed by atoms with Crippen molar-refractivity contribution in [2.75, 3.05) is 18.9 Å². The number of aryl methyl sites for hydroxylation is 2. The molecule has 0 aliphatic heterocycles. The normalized spacial score (nSPS) is 22.4. The van der Waals surface area contributed by atoms with Gasteiger partial charge in [-0.2, -0.15) is 0 Å². The maximum Gasteiger partial charge on any atom is 0.241 e. The summed E-state index contributed by atoms with van der Waals surface area (Å²) in [4.78, 5) is 14.5. The Bertz CT molecular complexity index is 553. The Hall–Kier alpha value is -1.10. The van der Waals surface area contributed by atoms with Crippen LogP contribution in [0.3, 0.4) is 0 Å². The Morgan fingerprint density at radius 1 is 1.43 bits per heavy atom. The van der Waals surface area contributed by atoms with Crippen molar-refractivity contribution in [1.29, 1.82) is 0 Å². The van der Waals surface area contributed by atoms with Crippen molar-refractivity contribution in [1.82, 2.24) is 4.90 Å². The van der Waals surface area contributed by atoms with Crippen molar-refractivity contribution >= 4 is 23.2 Å². The van der Waals surface area contributed by atoms with Crippen LogP contribution in [0, 0.1) is 19.8 Å². The molecule has 3 atom stereocenters. The summed E-state index contributed by atoms with van der Waals surface area (Å²) in [6.07, 6.45) is 2.74. The van der Waals surface area contributed by atoms with Gasteiger partial charge in [0.05, 0.1) is 22.9 Å². The first-order valence-electron chi connectivity index (χ1n) is 8.25. The molecule has 1 saturated carbocycles. The number of rotatable bonds is 5. The molecule has 1 fully saturated rings. The Morgan fingerprint density at radius 2 is 2.13 bits per heavy atom. The van der Waals surface area contributed by atoms with Gasteiger partial charge in [0.2, 0.25) is 5.91 Å². The number of carbonyl (C=O) groups excluding carboxylic acids is 1. The first kappa shape index (κ1) is 18.2. The molecule has 0 radical (unpaired) electrons. The second-order valence-corrected chi connectivity index (χ2v) is 7.21. The molecule has 0 spiro atoms. The number of hydrogen-bond acceptors (Lipinski definition) is 3. The van der Waals surface area contributed by atoms with Crippen LogP contribution in [-0.2, 0) is 4.79 Å². The molecule has 2 N–H and O–H groups in total. The molecule has 0 saturated heterocycles. The lowest BCUT2D eigenvalue weighted by molar-refractivity contribution is -0.120. The molecule has 3 unspecified atom stereocenters. The molecule has 4 nitrogen and oxygen atoms in total. The Labute approximate surface area is 143 Å². The summed E-state index contributed by atoms with van der Waals surface area (Å²) in [6.45, 7) is 6.54. The van der Waals surface area contributed by atoms with Crippen LogP contribution < -0.4 is 5.32 Å². The Balaban J connectivity index is 1.99. The van der Waals surface area contributed by atoms with E-state index in [2.05, 4.69) is 5.32 Å². The fraction of sp³-hybridized carbons (Fsp3) is 0.611. The third-order valence-electron chi connectivity index (χ3n) is 4.86. The minimum Gasteiger partial charge on any atom is -0.393 e. The summed E-state index contributed by atoms with van der Waals surface area (Å²) in [5.41, 5.74) is 2.72. The minimum atomic E-state index is -0.278. The van der Waals surface area contributed by atoms with Crippen LogP contribution >= 0.6 is 11.6 Å². The average molecular weight is 339 g/mol. The zero-order chi connectivity index (χ0) is 17.1. The highest BCUT2D eigenvalue weighted by Gasteiger charge is 2.29. The molecule has 1 aliphatic rings. The molecule has 1 amide bonds. The van der Waals surface area contributed by atoms with Crippen molar-refractivity contribution in [2.45, 2.75) is 52.2 Å². The van der Waals surface area contributed by atoms with Crippen LogP contribution in [0.5, 0.6) is 0 Å². The fourth-order valence-electron chi connectivity index (χ4n) is 3.26. The Morgan fingerprint density at radius 3 is 2.70 bits per heavy atom. The number of nitrogens with one attached hydrogen (secondary N) is 1. The van der Waals surface area contributed by atoms with Crippen LogP contribution in [-0.4, -0.2) is 41.7 Å². The highest BCUT2D eigenvalue weighted by Crippen LogP contribution is 2.28. The van der Waals surface area contributed by atoms with E-state index in [1.807, 2.05) is 44.9 Å². The number of anilines is 1. The summed E-state index contributed by atoms with van der Waals surface area (Å²) in [5, 5.41) is 13.5. The second kappa shape index (κ2) is 7.65. The van der Waals surface area contributed by atoms with Gasteiger partial charge in [0.1, 0.15) is 0 Å². The van der Waals surface area contributed by atoms with Gasteiger partial charge in [0.15, 0.2) is 0 Å². The summed E-state index contributed by atoms with van der Waals surface area (Å²) in [5.74, 6) is 0.189. The molecule has 0 heterocycles. The van der Waals surface area contributed by atoms with Gasteiger partial charge in [0.25, 0.3) is 0 Å². The molecule has 0 aromatic heterocycles. The third kappa shape index (κ3) is 4.46. The van der Waals surface area contributed by atoms with Crippen LogP contribution in [0.25, 0.3) is 0 Å². The van der Waals surface area contributed by atoms with E-state index in [-0.39, 0.29) is 24.0 Å². The number of carbonyl (C=O) groups is 1. The minimum absolute atomic E-state index is 0.0751. The lowest BCUT2D eigenvalue weighted by Gasteiger charge is -2.28. The predicted octanol–water partition coefficient (Wildman–Crippen LogP) is 3.38. The van der Waals surface area contributed by atoms with Gasteiger partial charge in [-0.1, -0.05) is 24.1 Å². The smallest absolute Gasteiger partial charge is 0.241 e. The second-order valence-electron chi connectivity index (χ2n) is 6.80. The maximum absolute atomic E-state index is 12.5. The maximum atomic E-state index is 12.5. The first-order valence-corrected chi connectivity index (χ1v) is 8.63. The van der Waals surface area contributed by atoms with Gasteiger partial charge in [-0.25, -0.2) is 0 Å². The molecule has 128 valence electrons. The molecule has 2 rings (SSSR count). The largest absolute Gasteiger partial charge is 0.393 e. The van der Waals surface area contributed by atoms with Crippen molar-refractivity contribution in [3.63, 3.8) is 0 Å². The van der Waals surface area contributed by atoms with Crippen LogP contribution in [0.1, 0.15) is 37.3 Å². The standard InChI is InChI=1S/C18H27ClN2O2/c1-11-8-12(2)17(15(19)9-11)20-18(23)13(3)21(4)10-14-6-5-7-16(14)22/h8-9,13-14,16,22H,5-7,10H2,1-4H3,(H,20,23). The van der Waals surface area contributed by atoms with Gasteiger partial charge in [-0.15, -0.1) is 0 Å². The van der Waals surface area contributed by atoms with Gasteiger partial charge >= 0.3 is 0 Å². The van der Waals surface area contributed by atoms with E-state index >= 15 is 0 Å². The fourth-order valence-corrected chi connectivity index (χ4v) is 3.63. The van der Waals surface area contributed by atoms with E-state index in [1.54, 1.807) is 0 Å². The van der Waals surface area contributed by atoms with Gasteiger partial charge < -0.3 is 10.4 Å². The predicted molar refractivity (Wildman–Crippen MR) is 95.0 cm³/mol. The number of amides is 1. The highest BCUT2D eigenvalue weighted by molar-refractivity contribution is 6.34. The van der Waals surface area contributed by atoms with Gasteiger partial charge in [0, 0.05) is 6.54 Å². The molecule has 0 bridgehead atoms. The lowest BCUT2D eigenvalue weighted by Crippen LogP contribution is -2.43. The molecule has 1 aromatic rings. The topological polar surface area (TPSA) is 52.6 Å². The summed E-state index contributed by atoms with van der Waals surface area (Å²) < 4.78 is 0. The van der Waals surface area contributed by atoms with Crippen molar-refractivity contribution in [3.8, 4) is 0 Å². The molecule has 23 heavy (non-hydrogen) atoms. The number of benzene rings is 1. The van der Waals surface area contributed by atoms with Crippen molar-refractivity contribution < 1.29 is 9.90 Å². The van der Waals surface area contributed by atoms with Crippen LogP contribution in [0.15, 0.2) is 12.1 Å². The monoisotopic (exact) mass is 338 g/mol. The number of hydrogen-bond donors (Lipinski definition) is 2. The van der Waals surface area contributed by atoms with Crippen molar-refractivity contribution in [2.24, 2.45) is 5.92 Å². The summed E-state index contributed by atoms with van der Waals surface area (Å²) in [7, 11) is 1.93. The van der Waals surface area contributed by atoms with E-state index in [1.165, 1.54) is 0 Å². The van der Waals surface area contributed by atoms with E-state index in [4.69, 9.17) is 11.6 Å². The first-order chi connectivity index (χ1) is 10.8. The number of nitrogens with zero attached hydrogens (tertiary/aromatic N) is 1. The van der Waals surface area contributed by atoms with E-state index in [0.717, 1.165) is 36.9 Å². The number of likely N-dealkylation sites (N-methyl/N-ethyl adjacent to an activating group) is 1.